The molecule has 1 heterocycles. The molecule has 0 spiro atoms. The minimum atomic E-state index is -0.661. The fourth-order valence-corrected chi connectivity index (χ4v) is 7.13. The van der Waals surface area contributed by atoms with Crippen LogP contribution in [0.2, 0.25) is 0 Å². The average Bonchev–Trinajstić information content (AvgIpc) is 3.18. The predicted molar refractivity (Wildman–Crippen MR) is 211 cm³/mol. The Kier molecular flexibility index (Phi) is 10.8. The van der Waals surface area contributed by atoms with Gasteiger partial charge in [-0.25, -0.2) is 0 Å². The lowest BCUT2D eigenvalue weighted by Crippen LogP contribution is -2.32. The molecule has 262 valence electrons. The lowest BCUT2D eigenvalue weighted by atomic mass is 9.85. The van der Waals surface area contributed by atoms with Crippen LogP contribution in [0.1, 0.15) is 55.7 Å². The fourth-order valence-electron chi connectivity index (χ4n) is 7.13. The molecule has 4 heteroatoms. The molecule has 0 fully saturated rings. The first-order valence-corrected chi connectivity index (χ1v) is 18.2. The van der Waals surface area contributed by atoms with Crippen molar-refractivity contribution >= 4 is 0 Å². The van der Waals surface area contributed by atoms with E-state index in [1.54, 1.807) is 0 Å². The van der Waals surface area contributed by atoms with E-state index in [1.165, 1.54) is 11.1 Å². The van der Waals surface area contributed by atoms with Crippen molar-refractivity contribution in [2.45, 2.75) is 45.3 Å². The van der Waals surface area contributed by atoms with Crippen molar-refractivity contribution in [3.63, 3.8) is 0 Å². The molecule has 2 unspecified atom stereocenters. The molecule has 0 aliphatic carbocycles. The van der Waals surface area contributed by atoms with E-state index in [4.69, 9.17) is 18.9 Å². The molecule has 1 aliphatic heterocycles. The lowest BCUT2D eigenvalue weighted by Gasteiger charge is -2.34. The number of hydrogen-bond donors (Lipinski definition) is 0. The highest BCUT2D eigenvalue weighted by Gasteiger charge is 2.35. The van der Waals surface area contributed by atoms with Gasteiger partial charge in [0.05, 0.1) is 12.5 Å². The summed E-state index contributed by atoms with van der Waals surface area (Å²) in [4.78, 5) is 0. The predicted octanol–water partition coefficient (Wildman–Crippen LogP) is 12.5. The Hall–Kier alpha value is -5.58. The summed E-state index contributed by atoms with van der Waals surface area (Å²) in [7, 11) is 0. The van der Waals surface area contributed by atoms with Crippen molar-refractivity contribution in [1.29, 1.82) is 0 Å². The van der Waals surface area contributed by atoms with Gasteiger partial charge >= 0.3 is 0 Å². The van der Waals surface area contributed by atoms with Gasteiger partial charge in [0.25, 0.3) is 0 Å². The van der Waals surface area contributed by atoms with Crippen LogP contribution >= 0.6 is 0 Å². The Balaban J connectivity index is 1.19. The van der Waals surface area contributed by atoms with Crippen LogP contribution in [-0.4, -0.2) is 19.5 Å². The number of allylic oxidation sites excluding steroid dienone is 1. The number of para-hydroxylation sites is 3. The van der Waals surface area contributed by atoms with Gasteiger partial charge in [-0.1, -0.05) is 153 Å². The van der Waals surface area contributed by atoms with Crippen LogP contribution < -0.4 is 14.2 Å². The zero-order valence-electron chi connectivity index (χ0n) is 30.2. The van der Waals surface area contributed by atoms with E-state index < -0.39 is 6.29 Å². The molecule has 0 amide bonds. The second-order valence-corrected chi connectivity index (χ2v) is 13.9. The van der Waals surface area contributed by atoms with Gasteiger partial charge in [-0.05, 0) is 60.2 Å². The summed E-state index contributed by atoms with van der Waals surface area (Å²) in [6, 6.07) is 51.8. The SMILES string of the molecule is C=C(C)C(CC(C)C)c1ccc(OC(OCCOc2c(-c3ccccc3)cccc2-c2ccccc2)C2c3ccccc3Oc3ccccc32)cc1. The van der Waals surface area contributed by atoms with Crippen LogP contribution in [0, 0.1) is 5.92 Å². The molecule has 7 rings (SSSR count). The summed E-state index contributed by atoms with van der Waals surface area (Å²) in [6.07, 6.45) is 0.391. The fraction of sp³-hybridized carbons (Fsp3) is 0.208. The van der Waals surface area contributed by atoms with Gasteiger partial charge in [0, 0.05) is 28.2 Å². The van der Waals surface area contributed by atoms with Crippen molar-refractivity contribution in [1.82, 2.24) is 0 Å². The highest BCUT2D eigenvalue weighted by atomic mass is 16.7. The number of rotatable bonds is 14. The molecule has 2 atom stereocenters. The van der Waals surface area contributed by atoms with Crippen molar-refractivity contribution in [3.05, 3.63) is 181 Å². The Morgan fingerprint density at radius 1 is 0.635 bits per heavy atom. The van der Waals surface area contributed by atoms with Gasteiger partial charge < -0.3 is 18.9 Å². The minimum absolute atomic E-state index is 0.235. The van der Waals surface area contributed by atoms with Crippen LogP contribution in [-0.2, 0) is 4.74 Å². The molecule has 6 aromatic carbocycles. The summed E-state index contributed by atoms with van der Waals surface area (Å²) in [6.45, 7) is 11.5. The minimum Gasteiger partial charge on any atom is -0.490 e. The summed E-state index contributed by atoms with van der Waals surface area (Å²) in [5, 5.41) is 0. The molecule has 0 radical (unpaired) electrons. The zero-order chi connectivity index (χ0) is 35.9. The average molecular weight is 687 g/mol. The van der Waals surface area contributed by atoms with E-state index >= 15 is 0 Å². The molecular formula is C48H46O4. The Bertz CT molecular complexity index is 1980. The third-order valence-corrected chi connectivity index (χ3v) is 9.63. The number of hydrogen-bond acceptors (Lipinski definition) is 4. The zero-order valence-corrected chi connectivity index (χ0v) is 30.2. The van der Waals surface area contributed by atoms with Crippen LogP contribution in [0.25, 0.3) is 22.3 Å². The maximum atomic E-state index is 6.83. The van der Waals surface area contributed by atoms with Crippen LogP contribution in [0.15, 0.2) is 164 Å². The van der Waals surface area contributed by atoms with Crippen molar-refractivity contribution in [2.75, 3.05) is 13.2 Å². The number of ether oxygens (including phenoxy) is 4. The maximum Gasteiger partial charge on any atom is 0.211 e. The first-order valence-electron chi connectivity index (χ1n) is 18.2. The van der Waals surface area contributed by atoms with E-state index in [9.17, 15) is 0 Å². The van der Waals surface area contributed by atoms with Crippen molar-refractivity contribution in [3.8, 4) is 45.3 Å². The molecule has 0 N–H and O–H groups in total. The highest BCUT2D eigenvalue weighted by Crippen LogP contribution is 2.47. The molecule has 1 aliphatic rings. The van der Waals surface area contributed by atoms with E-state index in [0.717, 1.165) is 62.8 Å². The van der Waals surface area contributed by atoms with Gasteiger partial charge in [0.2, 0.25) is 6.29 Å². The van der Waals surface area contributed by atoms with Crippen LogP contribution in [0.3, 0.4) is 0 Å². The summed E-state index contributed by atoms with van der Waals surface area (Å²) in [5.74, 6) is 3.80. The van der Waals surface area contributed by atoms with E-state index in [-0.39, 0.29) is 5.92 Å². The lowest BCUT2D eigenvalue weighted by molar-refractivity contribution is -0.0966. The van der Waals surface area contributed by atoms with Crippen LogP contribution in [0.4, 0.5) is 0 Å². The highest BCUT2D eigenvalue weighted by molar-refractivity contribution is 5.82. The van der Waals surface area contributed by atoms with E-state index in [0.29, 0.717) is 25.0 Å². The van der Waals surface area contributed by atoms with E-state index in [1.807, 2.05) is 48.5 Å². The number of benzene rings is 6. The van der Waals surface area contributed by atoms with Gasteiger partial charge in [-0.15, -0.1) is 0 Å². The molecular weight excluding hydrogens is 641 g/mol. The second kappa shape index (κ2) is 16.2. The molecule has 0 saturated carbocycles. The van der Waals surface area contributed by atoms with Gasteiger partial charge in [-0.2, -0.15) is 0 Å². The first-order chi connectivity index (χ1) is 25.5. The maximum absolute atomic E-state index is 6.83. The Morgan fingerprint density at radius 3 is 1.71 bits per heavy atom. The van der Waals surface area contributed by atoms with Crippen LogP contribution in [0.5, 0.6) is 23.0 Å². The van der Waals surface area contributed by atoms with E-state index in [2.05, 4.69) is 130 Å². The third-order valence-electron chi connectivity index (χ3n) is 9.63. The smallest absolute Gasteiger partial charge is 0.211 e. The Morgan fingerprint density at radius 2 is 1.17 bits per heavy atom. The van der Waals surface area contributed by atoms with Gasteiger partial charge in [-0.3, -0.25) is 0 Å². The monoisotopic (exact) mass is 686 g/mol. The molecule has 4 nitrogen and oxygen atoms in total. The number of fused-ring (bicyclic) bond motifs is 2. The standard InChI is InChI=1S/C48H46O4/c1-33(2)32-43(34(3)4)37-26-28-38(29-27-37)51-48(46-41-20-11-13-24-44(41)52-45-25-14-12-21-42(45)46)50-31-30-49-47-39(35-16-7-5-8-17-35)22-15-23-40(47)36-18-9-6-10-19-36/h5-29,33,43,46,48H,3,30-32H2,1-2,4H3. The molecule has 0 saturated heterocycles. The van der Waals surface area contributed by atoms with Gasteiger partial charge in [0.1, 0.15) is 29.6 Å². The molecule has 0 aromatic heterocycles. The topological polar surface area (TPSA) is 36.9 Å². The quantitative estimate of drug-likeness (QED) is 0.0649. The molecule has 6 aromatic rings. The summed E-state index contributed by atoms with van der Waals surface area (Å²) in [5.41, 5.74) is 8.71. The Labute approximate surface area is 308 Å². The van der Waals surface area contributed by atoms with Crippen molar-refractivity contribution in [2.24, 2.45) is 5.92 Å². The third kappa shape index (κ3) is 7.83. The van der Waals surface area contributed by atoms with Crippen molar-refractivity contribution < 1.29 is 18.9 Å². The summed E-state index contributed by atoms with van der Waals surface area (Å²) >= 11 is 0. The normalized spacial score (nSPS) is 13.4. The molecule has 0 bridgehead atoms. The largest absolute Gasteiger partial charge is 0.490 e. The second-order valence-electron chi connectivity index (χ2n) is 13.9. The van der Waals surface area contributed by atoms with Gasteiger partial charge in [0.15, 0.2) is 0 Å². The molecule has 52 heavy (non-hydrogen) atoms. The first kappa shape index (κ1) is 34.9. The summed E-state index contributed by atoms with van der Waals surface area (Å²) < 4.78 is 26.6.